The van der Waals surface area contributed by atoms with Crippen molar-refractivity contribution in [2.75, 3.05) is 11.4 Å². The molecule has 0 spiro atoms. The number of hydrogen-bond acceptors (Lipinski definition) is 4. The molecule has 1 aliphatic carbocycles. The van der Waals surface area contributed by atoms with Gasteiger partial charge in [-0.05, 0) is 44.6 Å². The molecule has 1 aliphatic heterocycles. The third-order valence-corrected chi connectivity index (χ3v) is 4.98. The van der Waals surface area contributed by atoms with Crippen LogP contribution >= 0.6 is 0 Å². The molecule has 124 valence electrons. The number of carbonyl (C=O) groups is 1. The van der Waals surface area contributed by atoms with Gasteiger partial charge in [-0.3, -0.25) is 14.9 Å². The van der Waals surface area contributed by atoms with Crippen molar-refractivity contribution in [1.29, 1.82) is 0 Å². The van der Waals surface area contributed by atoms with Gasteiger partial charge in [0.05, 0.1) is 4.92 Å². The molecule has 1 amide bonds. The number of fused-ring (bicyclic) bond motifs is 1. The molecule has 3 rings (SSSR count). The van der Waals surface area contributed by atoms with E-state index in [0.29, 0.717) is 17.5 Å². The third-order valence-electron chi connectivity index (χ3n) is 4.98. The highest BCUT2D eigenvalue weighted by molar-refractivity contribution is 5.87. The van der Waals surface area contributed by atoms with Gasteiger partial charge >= 0.3 is 0 Å². The average molecular weight is 317 g/mol. The van der Waals surface area contributed by atoms with Crippen molar-refractivity contribution in [3.05, 3.63) is 34.4 Å². The Kier molecular flexibility index (Phi) is 4.24. The predicted molar refractivity (Wildman–Crippen MR) is 88.3 cm³/mol. The van der Waals surface area contributed by atoms with Gasteiger partial charge < -0.3 is 10.2 Å². The lowest BCUT2D eigenvalue weighted by Gasteiger charge is -2.29. The van der Waals surface area contributed by atoms with Gasteiger partial charge in [-0.15, -0.1) is 0 Å². The number of nitrogens with zero attached hydrogens (tertiary/aromatic N) is 2. The number of carbonyl (C=O) groups excluding carboxylic acids is 1. The smallest absolute Gasteiger partial charge is 0.292 e. The van der Waals surface area contributed by atoms with E-state index in [1.54, 1.807) is 18.2 Å². The Morgan fingerprint density at radius 2 is 2.09 bits per heavy atom. The molecule has 0 unspecified atom stereocenters. The average Bonchev–Trinajstić information content (AvgIpc) is 3.06. The highest BCUT2D eigenvalue weighted by atomic mass is 16.6. The van der Waals surface area contributed by atoms with Crippen molar-refractivity contribution in [3.63, 3.8) is 0 Å². The molecule has 1 heterocycles. The molecule has 1 aromatic rings. The molecule has 2 fully saturated rings. The van der Waals surface area contributed by atoms with E-state index in [4.69, 9.17) is 0 Å². The van der Waals surface area contributed by atoms with Crippen LogP contribution in [0.1, 0.15) is 33.1 Å². The maximum absolute atomic E-state index is 12.7. The fraction of sp³-hybridized carbons (Fsp3) is 0.588. The van der Waals surface area contributed by atoms with E-state index in [9.17, 15) is 14.9 Å². The van der Waals surface area contributed by atoms with Crippen LogP contribution < -0.4 is 10.2 Å². The Morgan fingerprint density at radius 3 is 2.78 bits per heavy atom. The first-order valence-electron chi connectivity index (χ1n) is 8.29. The quantitative estimate of drug-likeness (QED) is 0.684. The van der Waals surface area contributed by atoms with Crippen LogP contribution in [0, 0.1) is 22.0 Å². The van der Waals surface area contributed by atoms with Crippen molar-refractivity contribution in [1.82, 2.24) is 5.32 Å². The van der Waals surface area contributed by atoms with Crippen LogP contribution in [0.3, 0.4) is 0 Å². The van der Waals surface area contributed by atoms with E-state index in [-0.39, 0.29) is 28.6 Å². The molecule has 0 radical (unpaired) electrons. The Labute approximate surface area is 136 Å². The second-order valence-corrected chi connectivity index (χ2v) is 6.86. The standard InChI is InChI=1S/C17H23N3O3/c1-11(2)18-17(21)16-13-7-5-6-12(13)10-19(16)14-8-3-4-9-15(14)20(22)23/h3-4,8-9,11-13,16H,5-7,10H2,1-2H3,(H,18,21)/t12-,13-,16-/m0/s1. The molecule has 0 bridgehead atoms. The molecule has 6 heteroatoms. The minimum absolute atomic E-state index is 0.00690. The van der Waals surface area contributed by atoms with Crippen LogP contribution in [0.25, 0.3) is 0 Å². The lowest BCUT2D eigenvalue weighted by Crippen LogP contribution is -2.48. The number of rotatable bonds is 4. The lowest BCUT2D eigenvalue weighted by atomic mass is 9.93. The Balaban J connectivity index is 1.97. The lowest BCUT2D eigenvalue weighted by molar-refractivity contribution is -0.384. The van der Waals surface area contributed by atoms with Gasteiger partial charge in [0.15, 0.2) is 0 Å². The monoisotopic (exact) mass is 317 g/mol. The van der Waals surface area contributed by atoms with Crippen LogP contribution in [-0.2, 0) is 4.79 Å². The Bertz CT molecular complexity index is 617. The third kappa shape index (κ3) is 2.90. The summed E-state index contributed by atoms with van der Waals surface area (Å²) in [6.07, 6.45) is 3.27. The largest absolute Gasteiger partial charge is 0.353 e. The van der Waals surface area contributed by atoms with Gasteiger partial charge in [0.25, 0.3) is 5.69 Å². The normalized spacial score (nSPS) is 26.4. The summed E-state index contributed by atoms with van der Waals surface area (Å²) in [6.45, 7) is 4.61. The van der Waals surface area contributed by atoms with Gasteiger partial charge in [-0.25, -0.2) is 0 Å². The van der Waals surface area contributed by atoms with E-state index in [1.807, 2.05) is 18.7 Å². The highest BCUT2D eigenvalue weighted by Crippen LogP contribution is 2.45. The summed E-state index contributed by atoms with van der Waals surface area (Å²) in [7, 11) is 0. The highest BCUT2D eigenvalue weighted by Gasteiger charge is 2.48. The first-order chi connectivity index (χ1) is 11.0. The molecule has 6 nitrogen and oxygen atoms in total. The predicted octanol–water partition coefficient (Wildman–Crippen LogP) is 2.72. The van der Waals surface area contributed by atoms with Crippen molar-refractivity contribution >= 4 is 17.3 Å². The van der Waals surface area contributed by atoms with E-state index in [1.165, 1.54) is 6.07 Å². The number of nitrogens with one attached hydrogen (secondary N) is 1. The van der Waals surface area contributed by atoms with E-state index in [2.05, 4.69) is 5.32 Å². The number of para-hydroxylation sites is 2. The number of anilines is 1. The second kappa shape index (κ2) is 6.18. The summed E-state index contributed by atoms with van der Waals surface area (Å²) in [4.78, 5) is 25.7. The molecule has 2 aliphatic rings. The summed E-state index contributed by atoms with van der Waals surface area (Å²) >= 11 is 0. The summed E-state index contributed by atoms with van der Waals surface area (Å²) < 4.78 is 0. The minimum Gasteiger partial charge on any atom is -0.353 e. The molecule has 3 atom stereocenters. The summed E-state index contributed by atoms with van der Waals surface area (Å²) in [6, 6.07) is 6.51. The Hall–Kier alpha value is -2.11. The number of hydrogen-bond donors (Lipinski definition) is 1. The van der Waals surface area contributed by atoms with Crippen LogP contribution in [0.15, 0.2) is 24.3 Å². The summed E-state index contributed by atoms with van der Waals surface area (Å²) in [5.41, 5.74) is 0.644. The maximum atomic E-state index is 12.7. The van der Waals surface area contributed by atoms with Crippen molar-refractivity contribution in [3.8, 4) is 0 Å². The molecule has 1 saturated heterocycles. The molecule has 0 aromatic heterocycles. The fourth-order valence-electron chi connectivity index (χ4n) is 4.12. The van der Waals surface area contributed by atoms with Gasteiger partial charge in [-0.1, -0.05) is 18.6 Å². The number of amides is 1. The van der Waals surface area contributed by atoms with Crippen LogP contribution in [0.5, 0.6) is 0 Å². The number of benzene rings is 1. The second-order valence-electron chi connectivity index (χ2n) is 6.86. The number of nitro groups is 1. The maximum Gasteiger partial charge on any atom is 0.292 e. The molecule has 1 saturated carbocycles. The van der Waals surface area contributed by atoms with Crippen LogP contribution in [0.4, 0.5) is 11.4 Å². The SMILES string of the molecule is CC(C)NC(=O)[C@@H]1[C@H]2CCC[C@H]2CN1c1ccccc1[N+](=O)[O-]. The van der Waals surface area contributed by atoms with Gasteiger partial charge in [0, 0.05) is 18.7 Å². The molecule has 23 heavy (non-hydrogen) atoms. The van der Waals surface area contributed by atoms with Gasteiger partial charge in [0.1, 0.15) is 11.7 Å². The first kappa shape index (κ1) is 15.8. The molecule has 1 aromatic carbocycles. The van der Waals surface area contributed by atoms with Gasteiger partial charge in [0.2, 0.25) is 5.91 Å². The molecular weight excluding hydrogens is 294 g/mol. The summed E-state index contributed by atoms with van der Waals surface area (Å²) in [5.74, 6) is 0.749. The topological polar surface area (TPSA) is 75.5 Å². The Morgan fingerprint density at radius 1 is 1.35 bits per heavy atom. The zero-order valence-electron chi connectivity index (χ0n) is 13.6. The van der Waals surface area contributed by atoms with E-state index >= 15 is 0 Å². The zero-order chi connectivity index (χ0) is 16.6. The summed E-state index contributed by atoms with van der Waals surface area (Å²) in [5, 5.41) is 14.4. The number of nitro benzene ring substituents is 1. The van der Waals surface area contributed by atoms with E-state index in [0.717, 1.165) is 25.8 Å². The van der Waals surface area contributed by atoms with Crippen molar-refractivity contribution in [2.45, 2.75) is 45.2 Å². The van der Waals surface area contributed by atoms with Crippen LogP contribution in [-0.4, -0.2) is 29.5 Å². The van der Waals surface area contributed by atoms with Crippen molar-refractivity contribution in [2.24, 2.45) is 11.8 Å². The van der Waals surface area contributed by atoms with E-state index < -0.39 is 0 Å². The minimum atomic E-state index is -0.360. The van der Waals surface area contributed by atoms with Gasteiger partial charge in [-0.2, -0.15) is 0 Å². The zero-order valence-corrected chi connectivity index (χ0v) is 13.6. The van der Waals surface area contributed by atoms with Crippen molar-refractivity contribution < 1.29 is 9.72 Å². The first-order valence-corrected chi connectivity index (χ1v) is 8.29. The molecule has 1 N–H and O–H groups in total. The van der Waals surface area contributed by atoms with Crippen LogP contribution in [0.2, 0.25) is 0 Å². The fourth-order valence-corrected chi connectivity index (χ4v) is 4.12. The molecular formula is C17H23N3O3.